The van der Waals surface area contributed by atoms with Gasteiger partial charge in [0, 0.05) is 25.4 Å². The van der Waals surface area contributed by atoms with Crippen molar-refractivity contribution in [1.82, 2.24) is 10.2 Å². The molecular weight excluding hydrogens is 216 g/mol. The molecule has 0 radical (unpaired) electrons. The van der Waals surface area contributed by atoms with Gasteiger partial charge in [0.25, 0.3) is 0 Å². The van der Waals surface area contributed by atoms with Gasteiger partial charge in [0.2, 0.25) is 0 Å². The van der Waals surface area contributed by atoms with Gasteiger partial charge in [0.05, 0.1) is 6.42 Å². The van der Waals surface area contributed by atoms with Crippen LogP contribution in [0.1, 0.15) is 12.8 Å². The lowest BCUT2D eigenvalue weighted by Crippen LogP contribution is -2.41. The molecule has 0 unspecified atom stereocenters. The summed E-state index contributed by atoms with van der Waals surface area (Å²) in [5.41, 5.74) is 0. The lowest BCUT2D eigenvalue weighted by atomic mass is 10.4. The number of aliphatic carboxylic acids is 1. The molecule has 6 heteroatoms. The van der Waals surface area contributed by atoms with Gasteiger partial charge >= 0.3 is 12.0 Å². The lowest BCUT2D eigenvalue weighted by molar-refractivity contribution is -0.136. The molecule has 1 rings (SSSR count). The molecular formula is C9H16N2O3S. The molecule has 5 nitrogen and oxygen atoms in total. The molecule has 1 heterocycles. The molecule has 86 valence electrons. The molecule has 0 saturated carbocycles. The monoisotopic (exact) mass is 232 g/mol. The van der Waals surface area contributed by atoms with Crippen molar-refractivity contribution in [2.24, 2.45) is 0 Å². The molecule has 1 aliphatic rings. The average molecular weight is 232 g/mol. The summed E-state index contributed by atoms with van der Waals surface area (Å²) in [6, 6.07) is -0.140. The molecule has 0 spiro atoms. The number of carbonyl (C=O) groups excluding carboxylic acids is 1. The highest BCUT2D eigenvalue weighted by Gasteiger charge is 2.14. The molecule has 0 aromatic carbocycles. The van der Waals surface area contributed by atoms with E-state index in [2.05, 4.69) is 5.32 Å². The zero-order valence-corrected chi connectivity index (χ0v) is 9.39. The summed E-state index contributed by atoms with van der Waals surface area (Å²) in [6.45, 7) is 1.73. The molecule has 0 aliphatic carbocycles. The van der Waals surface area contributed by atoms with Crippen LogP contribution in [0.2, 0.25) is 0 Å². The number of thioether (sulfide) groups is 1. The lowest BCUT2D eigenvalue weighted by Gasteiger charge is -2.20. The minimum absolute atomic E-state index is 0.0195. The van der Waals surface area contributed by atoms with E-state index in [1.165, 1.54) is 0 Å². The standard InChI is InChI=1S/C9H16N2O3S/c12-8(13)2-3-10-9(14)11-4-1-6-15-7-5-11/h1-7H2,(H,10,14)(H,12,13). The van der Waals surface area contributed by atoms with E-state index in [0.717, 1.165) is 31.0 Å². The Hall–Kier alpha value is -0.910. The van der Waals surface area contributed by atoms with Crippen molar-refractivity contribution in [1.29, 1.82) is 0 Å². The van der Waals surface area contributed by atoms with E-state index in [4.69, 9.17) is 5.11 Å². The zero-order chi connectivity index (χ0) is 11.1. The fourth-order valence-electron chi connectivity index (χ4n) is 1.34. The van der Waals surface area contributed by atoms with Crippen LogP contribution in [0.25, 0.3) is 0 Å². The first-order valence-electron chi connectivity index (χ1n) is 5.02. The molecule has 2 N–H and O–H groups in total. The maximum atomic E-state index is 11.5. The van der Waals surface area contributed by atoms with Crippen molar-refractivity contribution in [2.75, 3.05) is 31.1 Å². The highest BCUT2D eigenvalue weighted by Crippen LogP contribution is 2.09. The first-order chi connectivity index (χ1) is 7.20. The normalized spacial score (nSPS) is 16.9. The van der Waals surface area contributed by atoms with E-state index >= 15 is 0 Å². The van der Waals surface area contributed by atoms with Gasteiger partial charge in [-0.2, -0.15) is 11.8 Å². The molecule has 2 amide bonds. The van der Waals surface area contributed by atoms with Crippen LogP contribution in [0, 0.1) is 0 Å². The Kier molecular flexibility index (Phi) is 5.31. The van der Waals surface area contributed by atoms with E-state index < -0.39 is 5.97 Å². The predicted molar refractivity (Wildman–Crippen MR) is 59.2 cm³/mol. The van der Waals surface area contributed by atoms with Crippen LogP contribution >= 0.6 is 11.8 Å². The van der Waals surface area contributed by atoms with Crippen LogP contribution < -0.4 is 5.32 Å². The summed E-state index contributed by atoms with van der Waals surface area (Å²) >= 11 is 1.85. The van der Waals surface area contributed by atoms with E-state index in [0.29, 0.717) is 0 Å². The summed E-state index contributed by atoms with van der Waals surface area (Å²) in [7, 11) is 0. The molecule has 0 bridgehead atoms. The highest BCUT2D eigenvalue weighted by atomic mass is 32.2. The summed E-state index contributed by atoms with van der Waals surface area (Å²) in [5, 5.41) is 11.0. The van der Waals surface area contributed by atoms with Gasteiger partial charge in [-0.1, -0.05) is 0 Å². The van der Waals surface area contributed by atoms with Crippen LogP contribution in [0.3, 0.4) is 0 Å². The summed E-state index contributed by atoms with van der Waals surface area (Å²) in [4.78, 5) is 23.5. The number of carbonyl (C=O) groups is 2. The minimum Gasteiger partial charge on any atom is -0.481 e. The number of hydrogen-bond acceptors (Lipinski definition) is 3. The Morgan fingerprint density at radius 1 is 1.33 bits per heavy atom. The topological polar surface area (TPSA) is 69.6 Å². The van der Waals surface area contributed by atoms with Crippen LogP contribution in [0.4, 0.5) is 4.79 Å². The van der Waals surface area contributed by atoms with Crippen LogP contribution in [0.5, 0.6) is 0 Å². The maximum absolute atomic E-state index is 11.5. The summed E-state index contributed by atoms with van der Waals surface area (Å²) in [5.74, 6) is 1.17. The molecule has 0 aromatic rings. The van der Waals surface area contributed by atoms with Gasteiger partial charge in [0.15, 0.2) is 0 Å². The highest BCUT2D eigenvalue weighted by molar-refractivity contribution is 7.99. The first kappa shape index (κ1) is 12.2. The fraction of sp³-hybridized carbons (Fsp3) is 0.778. The molecule has 0 atom stereocenters. The van der Waals surface area contributed by atoms with E-state index in [1.54, 1.807) is 4.90 Å². The second-order valence-electron chi connectivity index (χ2n) is 3.33. The predicted octanol–water partition coefficient (Wildman–Crippen LogP) is 0.610. The van der Waals surface area contributed by atoms with Crippen molar-refractivity contribution in [3.05, 3.63) is 0 Å². The van der Waals surface area contributed by atoms with Crippen LogP contribution in [-0.4, -0.2) is 53.1 Å². The largest absolute Gasteiger partial charge is 0.481 e. The second-order valence-corrected chi connectivity index (χ2v) is 4.55. The number of rotatable bonds is 3. The van der Waals surface area contributed by atoms with Crippen LogP contribution in [-0.2, 0) is 4.79 Å². The van der Waals surface area contributed by atoms with Crippen molar-refractivity contribution >= 4 is 23.8 Å². The summed E-state index contributed by atoms with van der Waals surface area (Å²) in [6.07, 6.45) is 0.991. The average Bonchev–Trinajstić information content (AvgIpc) is 2.44. The summed E-state index contributed by atoms with van der Waals surface area (Å²) < 4.78 is 0. The van der Waals surface area contributed by atoms with Gasteiger partial charge in [-0.3, -0.25) is 4.79 Å². The van der Waals surface area contributed by atoms with Gasteiger partial charge in [0.1, 0.15) is 0 Å². The van der Waals surface area contributed by atoms with Crippen molar-refractivity contribution < 1.29 is 14.7 Å². The quantitative estimate of drug-likeness (QED) is 0.748. The number of hydrogen-bond donors (Lipinski definition) is 2. The van der Waals surface area contributed by atoms with Gasteiger partial charge in [-0.05, 0) is 12.2 Å². The Morgan fingerprint density at radius 2 is 2.13 bits per heavy atom. The van der Waals surface area contributed by atoms with Crippen LogP contribution in [0.15, 0.2) is 0 Å². The third-order valence-electron chi connectivity index (χ3n) is 2.12. The van der Waals surface area contributed by atoms with Crippen molar-refractivity contribution in [3.63, 3.8) is 0 Å². The number of amides is 2. The Balaban J connectivity index is 2.22. The molecule has 0 aromatic heterocycles. The maximum Gasteiger partial charge on any atom is 0.317 e. The fourth-order valence-corrected chi connectivity index (χ4v) is 2.22. The van der Waals surface area contributed by atoms with E-state index in [1.807, 2.05) is 11.8 Å². The van der Waals surface area contributed by atoms with E-state index in [-0.39, 0.29) is 19.0 Å². The van der Waals surface area contributed by atoms with Gasteiger partial charge in [-0.25, -0.2) is 4.79 Å². The second kappa shape index (κ2) is 6.55. The molecule has 1 fully saturated rings. The molecule has 1 aliphatic heterocycles. The third-order valence-corrected chi connectivity index (χ3v) is 3.17. The number of carboxylic acid groups (broad SMARTS) is 1. The van der Waals surface area contributed by atoms with Gasteiger partial charge in [-0.15, -0.1) is 0 Å². The Bertz CT molecular complexity index is 227. The number of carboxylic acids is 1. The zero-order valence-electron chi connectivity index (χ0n) is 8.57. The number of urea groups is 1. The van der Waals surface area contributed by atoms with Crippen molar-refractivity contribution in [2.45, 2.75) is 12.8 Å². The molecule has 1 saturated heterocycles. The van der Waals surface area contributed by atoms with Crippen molar-refractivity contribution in [3.8, 4) is 0 Å². The SMILES string of the molecule is O=C(O)CCNC(=O)N1CCCSCC1. The Labute approximate surface area is 93.2 Å². The van der Waals surface area contributed by atoms with E-state index in [9.17, 15) is 9.59 Å². The first-order valence-corrected chi connectivity index (χ1v) is 6.18. The third kappa shape index (κ3) is 4.92. The number of nitrogens with zero attached hydrogens (tertiary/aromatic N) is 1. The smallest absolute Gasteiger partial charge is 0.317 e. The minimum atomic E-state index is -0.887. The van der Waals surface area contributed by atoms with Gasteiger partial charge < -0.3 is 15.3 Å². The molecule has 15 heavy (non-hydrogen) atoms. The number of nitrogens with one attached hydrogen (secondary N) is 1. The Morgan fingerprint density at radius 3 is 2.87 bits per heavy atom.